The minimum absolute atomic E-state index is 0.185. The summed E-state index contributed by atoms with van der Waals surface area (Å²) in [5.41, 5.74) is 0. The van der Waals surface area contributed by atoms with E-state index in [-0.39, 0.29) is 12.1 Å². The number of ether oxygens (including phenoxy) is 2. The molecule has 128 valence electrons. The van der Waals surface area contributed by atoms with Gasteiger partial charge in [0.1, 0.15) is 5.01 Å². The van der Waals surface area contributed by atoms with Gasteiger partial charge < -0.3 is 14.8 Å². The van der Waals surface area contributed by atoms with Crippen LogP contribution >= 0.6 is 11.3 Å². The molecule has 3 rings (SSSR count). The Morgan fingerprint density at radius 1 is 1.35 bits per heavy atom. The fraction of sp³-hybridized carbons (Fsp3) is 0.800. The maximum atomic E-state index is 12.0. The van der Waals surface area contributed by atoms with E-state index in [4.69, 9.17) is 9.47 Å². The summed E-state index contributed by atoms with van der Waals surface area (Å²) in [7, 11) is 1.72. The molecule has 0 atom stereocenters. The van der Waals surface area contributed by atoms with Crippen molar-refractivity contribution in [1.82, 2.24) is 15.5 Å². The maximum absolute atomic E-state index is 12.0. The van der Waals surface area contributed by atoms with Gasteiger partial charge in [-0.2, -0.15) is 0 Å². The quantitative estimate of drug-likeness (QED) is 0.830. The van der Waals surface area contributed by atoms with Gasteiger partial charge >= 0.3 is 6.03 Å². The standard InChI is InChI=1S/C15H24N4O3S/c1-21-5-2-10-8-12(9-10)16-14(20)17-15-19-18-13(23-15)11-3-6-22-7-4-11/h10-12H,2-9H2,1H3,(H2,16,17,19,20). The molecular weight excluding hydrogens is 316 g/mol. The van der Waals surface area contributed by atoms with Crippen LogP contribution in [0.4, 0.5) is 9.93 Å². The summed E-state index contributed by atoms with van der Waals surface area (Å²) in [4.78, 5) is 12.0. The molecule has 0 aromatic carbocycles. The van der Waals surface area contributed by atoms with E-state index in [0.29, 0.717) is 17.0 Å². The Morgan fingerprint density at radius 3 is 2.87 bits per heavy atom. The zero-order chi connectivity index (χ0) is 16.1. The van der Waals surface area contributed by atoms with Gasteiger partial charge in [-0.15, -0.1) is 10.2 Å². The van der Waals surface area contributed by atoms with Crippen molar-refractivity contribution in [3.8, 4) is 0 Å². The predicted molar refractivity (Wildman–Crippen MR) is 87.9 cm³/mol. The van der Waals surface area contributed by atoms with E-state index < -0.39 is 0 Å². The van der Waals surface area contributed by atoms with Gasteiger partial charge in [-0.25, -0.2) is 4.79 Å². The van der Waals surface area contributed by atoms with Crippen molar-refractivity contribution < 1.29 is 14.3 Å². The molecule has 7 nitrogen and oxygen atoms in total. The van der Waals surface area contributed by atoms with Gasteiger partial charge in [-0.05, 0) is 38.0 Å². The Kier molecular flexibility index (Phi) is 5.80. The Labute approximate surface area is 140 Å². The third-order valence-electron chi connectivity index (χ3n) is 4.53. The van der Waals surface area contributed by atoms with E-state index in [1.54, 1.807) is 7.11 Å². The highest BCUT2D eigenvalue weighted by Crippen LogP contribution is 2.32. The van der Waals surface area contributed by atoms with E-state index >= 15 is 0 Å². The zero-order valence-electron chi connectivity index (χ0n) is 13.4. The molecule has 2 heterocycles. The Bertz CT molecular complexity index is 513. The molecule has 1 aromatic heterocycles. The molecule has 0 bridgehead atoms. The predicted octanol–water partition coefficient (Wildman–Crippen LogP) is 2.37. The Balaban J connectivity index is 1.39. The number of hydrogen-bond acceptors (Lipinski definition) is 6. The van der Waals surface area contributed by atoms with Crippen LogP contribution < -0.4 is 10.6 Å². The molecule has 8 heteroatoms. The summed E-state index contributed by atoms with van der Waals surface area (Å²) in [6.07, 6.45) is 5.08. The lowest BCUT2D eigenvalue weighted by Crippen LogP contribution is -2.46. The van der Waals surface area contributed by atoms with E-state index in [0.717, 1.165) is 56.9 Å². The van der Waals surface area contributed by atoms with Crippen molar-refractivity contribution >= 4 is 22.5 Å². The normalized spacial score (nSPS) is 24.9. The van der Waals surface area contributed by atoms with Crippen molar-refractivity contribution in [3.63, 3.8) is 0 Å². The molecule has 2 amide bonds. The Morgan fingerprint density at radius 2 is 2.13 bits per heavy atom. The molecule has 1 aliphatic heterocycles. The molecule has 23 heavy (non-hydrogen) atoms. The minimum atomic E-state index is -0.185. The molecule has 2 N–H and O–H groups in total. The highest BCUT2D eigenvalue weighted by molar-refractivity contribution is 7.15. The van der Waals surface area contributed by atoms with Gasteiger partial charge in [0.05, 0.1) is 0 Å². The summed E-state index contributed by atoms with van der Waals surface area (Å²) in [6, 6.07) is 0.0783. The van der Waals surface area contributed by atoms with Gasteiger partial charge in [0.25, 0.3) is 0 Å². The van der Waals surface area contributed by atoms with Crippen LogP contribution in [0, 0.1) is 5.92 Å². The van der Waals surface area contributed by atoms with Crippen molar-refractivity contribution in [2.45, 2.75) is 44.1 Å². The average Bonchev–Trinajstić information content (AvgIpc) is 2.98. The highest BCUT2D eigenvalue weighted by atomic mass is 32.1. The fourth-order valence-corrected chi connectivity index (χ4v) is 3.99. The number of urea groups is 1. The molecule has 0 unspecified atom stereocenters. The fourth-order valence-electron chi connectivity index (χ4n) is 3.09. The van der Waals surface area contributed by atoms with Gasteiger partial charge in [-0.1, -0.05) is 11.3 Å². The third-order valence-corrected chi connectivity index (χ3v) is 5.53. The second-order valence-electron chi connectivity index (χ2n) is 6.25. The first-order valence-electron chi connectivity index (χ1n) is 8.22. The largest absolute Gasteiger partial charge is 0.385 e. The summed E-state index contributed by atoms with van der Waals surface area (Å²) >= 11 is 1.47. The van der Waals surface area contributed by atoms with Crippen molar-refractivity contribution in [1.29, 1.82) is 0 Å². The average molecular weight is 340 g/mol. The second-order valence-corrected chi connectivity index (χ2v) is 7.26. The second kappa shape index (κ2) is 8.03. The first-order chi connectivity index (χ1) is 11.2. The molecule has 0 spiro atoms. The molecular formula is C15H24N4O3S. The number of anilines is 1. The van der Waals surface area contributed by atoms with Crippen molar-refractivity contribution in [2.75, 3.05) is 32.2 Å². The molecule has 1 aromatic rings. The van der Waals surface area contributed by atoms with Gasteiger partial charge in [0.2, 0.25) is 5.13 Å². The number of nitrogens with one attached hydrogen (secondary N) is 2. The number of aromatic nitrogens is 2. The van der Waals surface area contributed by atoms with Crippen molar-refractivity contribution in [2.24, 2.45) is 5.92 Å². The maximum Gasteiger partial charge on any atom is 0.321 e. The smallest absolute Gasteiger partial charge is 0.321 e. The van der Waals surface area contributed by atoms with E-state index in [9.17, 15) is 4.79 Å². The first kappa shape index (κ1) is 16.6. The first-order valence-corrected chi connectivity index (χ1v) is 9.04. The lowest BCUT2D eigenvalue weighted by Gasteiger charge is -2.35. The molecule has 1 saturated carbocycles. The number of amides is 2. The number of carbonyl (C=O) groups is 1. The van der Waals surface area contributed by atoms with Crippen LogP contribution in [0.3, 0.4) is 0 Å². The zero-order valence-corrected chi connectivity index (χ0v) is 14.2. The highest BCUT2D eigenvalue weighted by Gasteiger charge is 2.30. The van der Waals surface area contributed by atoms with Gasteiger partial charge in [0.15, 0.2) is 0 Å². The number of methoxy groups -OCH3 is 1. The summed E-state index contributed by atoms with van der Waals surface area (Å²) in [5, 5.41) is 15.6. The minimum Gasteiger partial charge on any atom is -0.385 e. The van der Waals surface area contributed by atoms with E-state index in [1.807, 2.05) is 0 Å². The molecule has 0 radical (unpaired) electrons. The topological polar surface area (TPSA) is 85.4 Å². The van der Waals surface area contributed by atoms with Gasteiger partial charge in [-0.3, -0.25) is 5.32 Å². The van der Waals surface area contributed by atoms with Crippen molar-refractivity contribution in [3.05, 3.63) is 5.01 Å². The van der Waals surface area contributed by atoms with Crippen LogP contribution in [0.1, 0.15) is 43.0 Å². The lowest BCUT2D eigenvalue weighted by atomic mass is 9.78. The van der Waals surface area contributed by atoms with Crippen LogP contribution in [0.5, 0.6) is 0 Å². The Hall–Kier alpha value is -1.25. The van der Waals surface area contributed by atoms with E-state index in [2.05, 4.69) is 20.8 Å². The molecule has 2 fully saturated rings. The molecule has 2 aliphatic rings. The third kappa shape index (κ3) is 4.62. The molecule has 1 saturated heterocycles. The number of nitrogens with zero attached hydrogens (tertiary/aromatic N) is 2. The summed E-state index contributed by atoms with van der Waals surface area (Å²) in [6.45, 7) is 2.35. The lowest BCUT2D eigenvalue weighted by molar-refractivity contribution is 0.0851. The number of hydrogen-bond donors (Lipinski definition) is 2. The van der Waals surface area contributed by atoms with Crippen LogP contribution in [0.15, 0.2) is 0 Å². The number of rotatable bonds is 6. The van der Waals surface area contributed by atoms with Crippen LogP contribution in [-0.2, 0) is 9.47 Å². The number of carbonyl (C=O) groups excluding carboxylic acids is 1. The van der Waals surface area contributed by atoms with Crippen LogP contribution in [-0.4, -0.2) is 49.2 Å². The monoisotopic (exact) mass is 340 g/mol. The van der Waals surface area contributed by atoms with Gasteiger partial charge in [0, 0.05) is 38.9 Å². The van der Waals surface area contributed by atoms with E-state index in [1.165, 1.54) is 11.3 Å². The summed E-state index contributed by atoms with van der Waals surface area (Å²) < 4.78 is 10.4. The SMILES string of the molecule is COCCC1CC(NC(=O)Nc2nnc(C3CCOCC3)s2)C1. The van der Waals surface area contributed by atoms with Crippen LogP contribution in [0.2, 0.25) is 0 Å². The molecule has 1 aliphatic carbocycles. The summed E-state index contributed by atoms with van der Waals surface area (Å²) in [5.74, 6) is 1.08. The van der Waals surface area contributed by atoms with Crippen LogP contribution in [0.25, 0.3) is 0 Å².